The van der Waals surface area contributed by atoms with Crippen molar-refractivity contribution in [3.8, 4) is 0 Å². The minimum absolute atomic E-state index is 0.288. The molecule has 0 aliphatic carbocycles. The Morgan fingerprint density at radius 3 is 3.00 bits per heavy atom. The van der Waals surface area contributed by atoms with E-state index < -0.39 is 12.1 Å². The topological polar surface area (TPSA) is 58.6 Å². The molecule has 2 heterocycles. The number of imide groups is 1. The van der Waals surface area contributed by atoms with Crippen LogP contribution in [-0.2, 0) is 9.63 Å². The molecule has 0 bridgehead atoms. The molecule has 1 N–H and O–H groups in total. The Labute approximate surface area is 90.6 Å². The van der Waals surface area contributed by atoms with Crippen LogP contribution in [0.4, 0.5) is 4.79 Å². The van der Waals surface area contributed by atoms with E-state index in [4.69, 9.17) is 4.84 Å². The Bertz CT molecular complexity index is 377. The van der Waals surface area contributed by atoms with Crippen LogP contribution < -0.4 is 5.32 Å². The van der Waals surface area contributed by atoms with Gasteiger partial charge in [-0.2, -0.15) is 0 Å². The van der Waals surface area contributed by atoms with Crippen LogP contribution in [0.1, 0.15) is 17.8 Å². The number of carbonyl (C=O) groups excluding carboxylic acids is 2. The lowest BCUT2D eigenvalue weighted by Crippen LogP contribution is -2.30. The van der Waals surface area contributed by atoms with Crippen molar-refractivity contribution in [1.82, 2.24) is 10.4 Å². The van der Waals surface area contributed by atoms with Crippen LogP contribution >= 0.6 is 11.3 Å². The molecule has 3 amide bonds. The van der Waals surface area contributed by atoms with Crippen molar-refractivity contribution in [2.24, 2.45) is 0 Å². The van der Waals surface area contributed by atoms with Crippen molar-refractivity contribution < 1.29 is 14.4 Å². The van der Waals surface area contributed by atoms with Crippen LogP contribution in [-0.4, -0.2) is 23.6 Å². The average molecular weight is 226 g/mol. The minimum atomic E-state index is -0.593. The van der Waals surface area contributed by atoms with Gasteiger partial charge in [-0.15, -0.1) is 16.4 Å². The third-order valence-corrected chi connectivity index (χ3v) is 2.92. The molecule has 1 fully saturated rings. The molecule has 0 radical (unpaired) electrons. The van der Waals surface area contributed by atoms with E-state index in [2.05, 4.69) is 5.32 Å². The maximum Gasteiger partial charge on any atom is 0.349 e. The number of hydrogen-bond donors (Lipinski definition) is 1. The van der Waals surface area contributed by atoms with Gasteiger partial charge in [-0.05, 0) is 18.4 Å². The highest BCUT2D eigenvalue weighted by Gasteiger charge is 2.40. The first-order valence-electron chi connectivity index (χ1n) is 4.55. The fourth-order valence-corrected chi connectivity index (χ4v) is 2.13. The molecule has 1 aliphatic rings. The predicted molar refractivity (Wildman–Crippen MR) is 54.1 cm³/mol. The zero-order chi connectivity index (χ0) is 10.8. The lowest BCUT2D eigenvalue weighted by Gasteiger charge is -2.09. The summed E-state index contributed by atoms with van der Waals surface area (Å²) in [7, 11) is 0. The molecular weight excluding hydrogens is 216 g/mol. The predicted octanol–water partition coefficient (Wildman–Crippen LogP) is 1.29. The molecule has 1 aliphatic heterocycles. The number of thiophene rings is 1. The summed E-state index contributed by atoms with van der Waals surface area (Å²) in [6.45, 7) is 2.01. The molecule has 80 valence electrons. The molecule has 15 heavy (non-hydrogen) atoms. The van der Waals surface area contributed by atoms with Crippen molar-refractivity contribution in [2.45, 2.75) is 13.0 Å². The van der Waals surface area contributed by atoms with E-state index in [1.165, 1.54) is 11.3 Å². The number of hydroxylamine groups is 2. The number of nitrogens with one attached hydrogen (secondary N) is 1. The Hall–Kier alpha value is -1.40. The van der Waals surface area contributed by atoms with Crippen molar-refractivity contribution in [3.05, 3.63) is 22.4 Å². The quantitative estimate of drug-likeness (QED) is 0.790. The number of carbonyl (C=O) groups is 2. The standard InChI is InChI=1S/C9H10N2O3S/c1-2-14-11-8(12)7(10-9(11)13)6-4-3-5-15-6/h3-5,7H,2H2,1H3,(H,10,13). The summed E-state index contributed by atoms with van der Waals surface area (Å²) in [4.78, 5) is 28.8. The molecule has 0 saturated carbocycles. The normalized spacial score (nSPS) is 20.9. The highest BCUT2D eigenvalue weighted by atomic mass is 32.1. The number of urea groups is 1. The van der Waals surface area contributed by atoms with Crippen LogP contribution in [0.25, 0.3) is 0 Å². The van der Waals surface area contributed by atoms with Gasteiger partial charge < -0.3 is 5.32 Å². The van der Waals surface area contributed by atoms with E-state index in [9.17, 15) is 9.59 Å². The monoisotopic (exact) mass is 226 g/mol. The van der Waals surface area contributed by atoms with E-state index in [1.54, 1.807) is 6.92 Å². The van der Waals surface area contributed by atoms with Gasteiger partial charge in [0.25, 0.3) is 5.91 Å². The first kappa shape index (κ1) is 10.1. The first-order chi connectivity index (χ1) is 7.24. The zero-order valence-corrected chi connectivity index (χ0v) is 8.91. The van der Waals surface area contributed by atoms with E-state index in [0.29, 0.717) is 0 Å². The summed E-state index contributed by atoms with van der Waals surface area (Å²) in [5.74, 6) is -0.357. The van der Waals surface area contributed by atoms with Crippen molar-refractivity contribution in [3.63, 3.8) is 0 Å². The van der Waals surface area contributed by atoms with Crippen molar-refractivity contribution in [1.29, 1.82) is 0 Å². The zero-order valence-electron chi connectivity index (χ0n) is 8.10. The second kappa shape index (κ2) is 4.00. The van der Waals surface area contributed by atoms with E-state index in [1.807, 2.05) is 17.5 Å². The Morgan fingerprint density at radius 1 is 1.60 bits per heavy atom. The van der Waals surface area contributed by atoms with E-state index >= 15 is 0 Å². The van der Waals surface area contributed by atoms with Crippen LogP contribution in [0.5, 0.6) is 0 Å². The Kier molecular flexibility index (Phi) is 2.70. The lowest BCUT2D eigenvalue weighted by atomic mass is 10.2. The molecule has 1 saturated heterocycles. The van der Waals surface area contributed by atoms with Gasteiger partial charge in [0.15, 0.2) is 0 Å². The minimum Gasteiger partial charge on any atom is -0.319 e. The van der Waals surface area contributed by atoms with Crippen LogP contribution in [0.3, 0.4) is 0 Å². The summed E-state index contributed by atoms with van der Waals surface area (Å²) in [6, 6.07) is 2.55. The fraction of sp³-hybridized carbons (Fsp3) is 0.333. The lowest BCUT2D eigenvalue weighted by molar-refractivity contribution is -0.162. The molecule has 5 nitrogen and oxygen atoms in total. The van der Waals surface area contributed by atoms with E-state index in [-0.39, 0.29) is 12.5 Å². The molecule has 1 unspecified atom stereocenters. The summed E-state index contributed by atoms with van der Waals surface area (Å²) in [5.41, 5.74) is 0. The van der Waals surface area contributed by atoms with Crippen molar-refractivity contribution in [2.75, 3.05) is 6.61 Å². The summed E-state index contributed by atoms with van der Waals surface area (Å²) in [5, 5.41) is 5.21. The van der Waals surface area contributed by atoms with Gasteiger partial charge in [0.2, 0.25) is 0 Å². The highest BCUT2D eigenvalue weighted by molar-refractivity contribution is 7.10. The maximum atomic E-state index is 11.7. The number of nitrogens with zero attached hydrogens (tertiary/aromatic N) is 1. The number of rotatable bonds is 3. The van der Waals surface area contributed by atoms with E-state index in [0.717, 1.165) is 9.94 Å². The second-order valence-corrected chi connectivity index (χ2v) is 3.93. The van der Waals surface area contributed by atoms with Crippen molar-refractivity contribution >= 4 is 23.3 Å². The van der Waals surface area contributed by atoms with Gasteiger partial charge in [0.05, 0.1) is 6.61 Å². The summed E-state index contributed by atoms with van der Waals surface area (Å²) in [6.07, 6.45) is 0. The third-order valence-electron chi connectivity index (χ3n) is 1.99. The number of amides is 3. The molecule has 0 aromatic carbocycles. The molecule has 1 aromatic rings. The van der Waals surface area contributed by atoms with Crippen LogP contribution in [0.15, 0.2) is 17.5 Å². The molecule has 1 atom stereocenters. The summed E-state index contributed by atoms with van der Waals surface area (Å²) >= 11 is 1.43. The smallest absolute Gasteiger partial charge is 0.319 e. The Balaban J connectivity index is 2.18. The first-order valence-corrected chi connectivity index (χ1v) is 5.42. The summed E-state index contributed by atoms with van der Waals surface area (Å²) < 4.78 is 0. The SMILES string of the molecule is CCON1C(=O)NC(c2cccs2)C1=O. The largest absolute Gasteiger partial charge is 0.349 e. The van der Waals surface area contributed by atoms with Crippen LogP contribution in [0, 0.1) is 0 Å². The maximum absolute atomic E-state index is 11.7. The van der Waals surface area contributed by atoms with Gasteiger partial charge in [-0.3, -0.25) is 9.63 Å². The third kappa shape index (κ3) is 1.73. The van der Waals surface area contributed by atoms with Gasteiger partial charge in [0.1, 0.15) is 6.04 Å². The fourth-order valence-electron chi connectivity index (χ4n) is 1.36. The molecular formula is C9H10N2O3S. The van der Waals surface area contributed by atoms with Gasteiger partial charge in [-0.1, -0.05) is 6.07 Å². The molecule has 1 aromatic heterocycles. The van der Waals surface area contributed by atoms with Gasteiger partial charge in [0, 0.05) is 4.88 Å². The van der Waals surface area contributed by atoms with Crippen LogP contribution in [0.2, 0.25) is 0 Å². The Morgan fingerprint density at radius 2 is 2.40 bits per heavy atom. The van der Waals surface area contributed by atoms with Gasteiger partial charge in [-0.25, -0.2) is 4.79 Å². The second-order valence-electron chi connectivity index (χ2n) is 2.95. The highest BCUT2D eigenvalue weighted by Crippen LogP contribution is 2.25. The van der Waals surface area contributed by atoms with Gasteiger partial charge >= 0.3 is 6.03 Å². The average Bonchev–Trinajstić information content (AvgIpc) is 2.81. The number of hydrogen-bond acceptors (Lipinski definition) is 4. The molecule has 2 rings (SSSR count). The molecule has 6 heteroatoms. The molecule has 0 spiro atoms.